The molecular weight excluding hydrogens is 249 g/mol. The van der Waals surface area contributed by atoms with Gasteiger partial charge in [-0.1, -0.05) is 0 Å². The second-order valence-corrected chi connectivity index (χ2v) is 2.68. The summed E-state index contributed by atoms with van der Waals surface area (Å²) < 4.78 is 17.1. The van der Waals surface area contributed by atoms with Crippen LogP contribution in [0.25, 0.3) is 0 Å². The largest absolute Gasteiger partial charge is 2.00 e. The Morgan fingerprint density at radius 2 is 0.636 bits per heavy atom. The average Bonchev–Trinajstić information content (AvgIpc) is 1.12. The van der Waals surface area contributed by atoms with Gasteiger partial charge in [0.2, 0.25) is 0 Å². The van der Waals surface area contributed by atoms with Crippen molar-refractivity contribution >= 4 is 15.6 Å². The molecule has 0 radical (unpaired) electrons. The second-order valence-electron chi connectivity index (χ2n) is 0.894. The molecule has 0 bridgehead atoms. The fourth-order valence-corrected chi connectivity index (χ4v) is 0. The number of phosphoric acid groups is 2. The van der Waals surface area contributed by atoms with E-state index < -0.39 is 15.6 Å². The first kappa shape index (κ1) is 17.7. The van der Waals surface area contributed by atoms with Crippen LogP contribution in [0.15, 0.2) is 0 Å². The molecule has 0 aromatic heterocycles. The van der Waals surface area contributed by atoms with Crippen molar-refractivity contribution in [3.63, 3.8) is 0 Å². The molecular formula is NiO8P2-4. The van der Waals surface area contributed by atoms with Crippen molar-refractivity contribution in [2.45, 2.75) is 0 Å². The summed E-state index contributed by atoms with van der Waals surface area (Å²) in [5.41, 5.74) is 0. The molecule has 0 atom stereocenters. The van der Waals surface area contributed by atoms with Gasteiger partial charge in [0.05, 0.1) is 0 Å². The second kappa shape index (κ2) is 6.25. The van der Waals surface area contributed by atoms with Crippen LogP contribution in [-0.4, -0.2) is 0 Å². The van der Waals surface area contributed by atoms with E-state index in [2.05, 4.69) is 0 Å². The summed E-state index contributed by atoms with van der Waals surface area (Å²) in [6.07, 6.45) is 0. The zero-order chi connectivity index (χ0) is 9.00. The quantitative estimate of drug-likeness (QED) is 0.301. The molecule has 11 heavy (non-hydrogen) atoms. The van der Waals surface area contributed by atoms with E-state index in [0.717, 1.165) is 0 Å². The maximum absolute atomic E-state index is 8.55. The normalized spacial score (nSPS) is 10.7. The minimum absolute atomic E-state index is 0. The molecule has 0 amide bonds. The SMILES string of the molecule is O=P([O-])([O-])[O-].O=P([O-])([O-])[O-].[Ni+2]. The molecule has 0 saturated heterocycles. The average molecular weight is 249 g/mol. The Morgan fingerprint density at radius 1 is 0.636 bits per heavy atom. The van der Waals surface area contributed by atoms with Crippen LogP contribution < -0.4 is 29.4 Å². The molecule has 0 heterocycles. The molecule has 0 aliphatic carbocycles. The van der Waals surface area contributed by atoms with Crippen LogP contribution in [0.2, 0.25) is 0 Å². The molecule has 0 rings (SSSR count). The third kappa shape index (κ3) is 1600. The van der Waals surface area contributed by atoms with Gasteiger partial charge < -0.3 is 38.5 Å². The number of hydrogen-bond donors (Lipinski definition) is 0. The van der Waals surface area contributed by atoms with Crippen LogP contribution in [0.3, 0.4) is 0 Å². The fourth-order valence-electron chi connectivity index (χ4n) is 0. The summed E-state index contributed by atoms with van der Waals surface area (Å²) in [5.74, 6) is 0. The van der Waals surface area contributed by atoms with Crippen LogP contribution in [0.4, 0.5) is 0 Å². The third-order valence-electron chi connectivity index (χ3n) is 0. The van der Waals surface area contributed by atoms with Crippen molar-refractivity contribution in [3.05, 3.63) is 0 Å². The van der Waals surface area contributed by atoms with Crippen molar-refractivity contribution in [2.24, 2.45) is 0 Å². The maximum atomic E-state index is 8.55. The van der Waals surface area contributed by atoms with Gasteiger partial charge in [-0.15, -0.1) is 0 Å². The van der Waals surface area contributed by atoms with Crippen LogP contribution in [0.5, 0.6) is 0 Å². The van der Waals surface area contributed by atoms with Crippen LogP contribution in [0, 0.1) is 0 Å². The van der Waals surface area contributed by atoms with Gasteiger partial charge in [-0.05, 0) is 0 Å². The minimum atomic E-state index is -5.39. The monoisotopic (exact) mass is 248 g/mol. The first-order valence-electron chi connectivity index (χ1n) is 1.46. The van der Waals surface area contributed by atoms with Crippen LogP contribution in [0.1, 0.15) is 0 Å². The van der Waals surface area contributed by atoms with Gasteiger partial charge in [-0.25, -0.2) is 0 Å². The van der Waals surface area contributed by atoms with E-state index in [-0.39, 0.29) is 16.5 Å². The van der Waals surface area contributed by atoms with Gasteiger partial charge in [0.1, 0.15) is 0 Å². The van der Waals surface area contributed by atoms with Crippen molar-refractivity contribution in [1.29, 1.82) is 0 Å². The molecule has 11 heteroatoms. The molecule has 0 fully saturated rings. The Hall–Kier alpha value is 0.714. The molecule has 0 N–H and O–H groups in total. The third-order valence-corrected chi connectivity index (χ3v) is 0. The topological polar surface area (TPSA) is 172 Å². The minimum Gasteiger partial charge on any atom is -0.822 e. The summed E-state index contributed by atoms with van der Waals surface area (Å²) in [7, 11) is -10.8. The van der Waals surface area contributed by atoms with Gasteiger partial charge in [0.15, 0.2) is 0 Å². The first-order valence-corrected chi connectivity index (χ1v) is 4.38. The molecule has 8 nitrogen and oxygen atoms in total. The summed E-state index contributed by atoms with van der Waals surface area (Å²) in [5, 5.41) is 0. The molecule has 0 aromatic rings. The Bertz CT molecular complexity index is 124. The Morgan fingerprint density at radius 3 is 0.636 bits per heavy atom. The van der Waals surface area contributed by atoms with Crippen molar-refractivity contribution in [1.82, 2.24) is 0 Å². The van der Waals surface area contributed by atoms with E-state index in [1.165, 1.54) is 0 Å². The van der Waals surface area contributed by atoms with E-state index in [1.807, 2.05) is 0 Å². The van der Waals surface area contributed by atoms with Crippen molar-refractivity contribution in [2.75, 3.05) is 0 Å². The molecule has 0 saturated carbocycles. The zero-order valence-electron chi connectivity index (χ0n) is 4.48. The molecule has 0 spiro atoms. The Kier molecular flexibility index (Phi) is 10.1. The van der Waals surface area contributed by atoms with Crippen molar-refractivity contribution in [3.8, 4) is 0 Å². The molecule has 0 aliphatic heterocycles. The van der Waals surface area contributed by atoms with Crippen LogP contribution in [-0.2, 0) is 25.6 Å². The fraction of sp³-hybridized carbons (Fsp3) is 0. The first-order chi connectivity index (χ1) is 4.00. The predicted molar refractivity (Wildman–Crippen MR) is 15.2 cm³/mol. The molecule has 0 aliphatic rings. The van der Waals surface area contributed by atoms with E-state index in [0.29, 0.717) is 0 Å². The summed E-state index contributed by atoms with van der Waals surface area (Å²) in [4.78, 5) is 51.3. The summed E-state index contributed by atoms with van der Waals surface area (Å²) >= 11 is 0. The summed E-state index contributed by atoms with van der Waals surface area (Å²) in [6, 6.07) is 0. The van der Waals surface area contributed by atoms with E-state index in [4.69, 9.17) is 38.5 Å². The Labute approximate surface area is 71.3 Å². The van der Waals surface area contributed by atoms with E-state index >= 15 is 0 Å². The predicted octanol–water partition coefficient (Wildman–Crippen LogP) is -5.65. The van der Waals surface area contributed by atoms with E-state index in [9.17, 15) is 0 Å². The van der Waals surface area contributed by atoms with E-state index in [1.54, 1.807) is 0 Å². The van der Waals surface area contributed by atoms with Gasteiger partial charge >= 0.3 is 16.5 Å². The zero-order valence-corrected chi connectivity index (χ0v) is 7.25. The smallest absolute Gasteiger partial charge is 0.822 e. The summed E-state index contributed by atoms with van der Waals surface area (Å²) in [6.45, 7) is 0. The van der Waals surface area contributed by atoms with Gasteiger partial charge in [-0.3, -0.25) is 0 Å². The van der Waals surface area contributed by atoms with Crippen LogP contribution >= 0.6 is 15.6 Å². The molecule has 72 valence electrons. The van der Waals surface area contributed by atoms with Gasteiger partial charge in [-0.2, -0.15) is 15.6 Å². The van der Waals surface area contributed by atoms with Crippen molar-refractivity contribution < 1.29 is 55.0 Å². The standard InChI is InChI=1S/Ni.2H3O4P/c;2*1-5(2,3)4/h;2*(H3,1,2,3,4)/q+2;;/p-6. The maximum Gasteiger partial charge on any atom is 2.00 e. The molecule has 0 unspecified atom stereocenters. The molecule has 0 aromatic carbocycles. The van der Waals surface area contributed by atoms with Gasteiger partial charge in [0.25, 0.3) is 0 Å². The Balaban J connectivity index is -0.000000107. The number of rotatable bonds is 0. The number of hydrogen-bond acceptors (Lipinski definition) is 8. The van der Waals surface area contributed by atoms with Gasteiger partial charge in [0, 0.05) is 0 Å².